The van der Waals surface area contributed by atoms with Gasteiger partial charge >= 0.3 is 11.7 Å². The van der Waals surface area contributed by atoms with Crippen molar-refractivity contribution in [3.05, 3.63) is 43.9 Å². The molecule has 0 aromatic carbocycles. The molecule has 0 spiro atoms. The number of aryl methyl sites for hydroxylation is 3. The lowest BCUT2D eigenvalue weighted by Gasteiger charge is -2.17. The zero-order chi connectivity index (χ0) is 20.4. The molecule has 7 nitrogen and oxygen atoms in total. The average Bonchev–Trinajstić information content (AvgIpc) is 2.98. The first kappa shape index (κ1) is 20.3. The zero-order valence-electron chi connectivity index (χ0n) is 16.6. The highest BCUT2D eigenvalue weighted by molar-refractivity contribution is 7.17. The van der Waals surface area contributed by atoms with Gasteiger partial charge < -0.3 is 10.1 Å². The SMILES string of the molecule is CCOC(=O)c1c(NC(=O)C(C)n2c(C)cc(C)nc2=O)sc2c1CCCC2. The van der Waals surface area contributed by atoms with Crippen molar-refractivity contribution in [2.75, 3.05) is 11.9 Å². The van der Waals surface area contributed by atoms with Crippen molar-refractivity contribution in [3.8, 4) is 0 Å². The number of carbonyl (C=O) groups excluding carboxylic acids is 2. The predicted octanol–water partition coefficient (Wildman–Crippen LogP) is 3.18. The molecule has 2 aromatic rings. The van der Waals surface area contributed by atoms with Crippen LogP contribution in [0.3, 0.4) is 0 Å². The van der Waals surface area contributed by atoms with E-state index in [1.54, 1.807) is 33.8 Å². The molecule has 0 saturated carbocycles. The van der Waals surface area contributed by atoms with Crippen molar-refractivity contribution in [1.29, 1.82) is 0 Å². The van der Waals surface area contributed by atoms with E-state index in [1.165, 1.54) is 15.9 Å². The van der Waals surface area contributed by atoms with Gasteiger partial charge in [0.2, 0.25) is 5.91 Å². The fourth-order valence-electron chi connectivity index (χ4n) is 3.64. The number of hydrogen-bond acceptors (Lipinski definition) is 6. The number of nitrogens with zero attached hydrogens (tertiary/aromatic N) is 2. The number of carbonyl (C=O) groups is 2. The maximum atomic E-state index is 12.9. The molecule has 1 N–H and O–H groups in total. The number of amides is 1. The third kappa shape index (κ3) is 3.87. The summed E-state index contributed by atoms with van der Waals surface area (Å²) in [7, 11) is 0. The number of aromatic nitrogens is 2. The molecule has 8 heteroatoms. The van der Waals surface area contributed by atoms with Crippen LogP contribution >= 0.6 is 11.3 Å². The van der Waals surface area contributed by atoms with Gasteiger partial charge in [0.1, 0.15) is 11.0 Å². The summed E-state index contributed by atoms with van der Waals surface area (Å²) in [5.41, 5.74) is 2.27. The second kappa shape index (κ2) is 8.26. The van der Waals surface area contributed by atoms with Crippen LogP contribution in [0.5, 0.6) is 0 Å². The van der Waals surface area contributed by atoms with Crippen LogP contribution in [0.2, 0.25) is 0 Å². The maximum Gasteiger partial charge on any atom is 0.348 e. The van der Waals surface area contributed by atoms with Crippen LogP contribution in [0, 0.1) is 13.8 Å². The Kier molecular flexibility index (Phi) is 5.98. The quantitative estimate of drug-likeness (QED) is 0.775. The third-order valence-electron chi connectivity index (χ3n) is 4.93. The highest BCUT2D eigenvalue weighted by Crippen LogP contribution is 2.38. The van der Waals surface area contributed by atoms with E-state index in [9.17, 15) is 14.4 Å². The maximum absolute atomic E-state index is 12.9. The molecule has 1 unspecified atom stereocenters. The number of rotatable bonds is 5. The Morgan fingerprint density at radius 1 is 1.32 bits per heavy atom. The van der Waals surface area contributed by atoms with Gasteiger partial charge in [-0.2, -0.15) is 4.98 Å². The first-order chi connectivity index (χ1) is 13.3. The standard InChI is InChI=1S/C20H25N3O4S/c1-5-27-19(25)16-14-8-6-7-9-15(14)28-18(16)22-17(24)13(4)23-12(3)10-11(2)21-20(23)26/h10,13H,5-9H2,1-4H3,(H,22,24). The van der Waals surface area contributed by atoms with Crippen LogP contribution in [0.1, 0.15) is 64.9 Å². The molecule has 150 valence electrons. The molecular formula is C20H25N3O4S. The van der Waals surface area contributed by atoms with Crippen molar-refractivity contribution in [3.63, 3.8) is 0 Å². The van der Waals surface area contributed by atoms with E-state index in [2.05, 4.69) is 10.3 Å². The molecule has 0 saturated heterocycles. The van der Waals surface area contributed by atoms with Crippen molar-refractivity contribution >= 4 is 28.2 Å². The summed E-state index contributed by atoms with van der Waals surface area (Å²) in [5, 5.41) is 3.37. The van der Waals surface area contributed by atoms with E-state index in [4.69, 9.17) is 4.74 Å². The fourth-order valence-corrected chi connectivity index (χ4v) is 4.92. The van der Waals surface area contributed by atoms with Crippen LogP contribution in [0.4, 0.5) is 5.00 Å². The smallest absolute Gasteiger partial charge is 0.348 e. The van der Waals surface area contributed by atoms with Gasteiger partial charge in [0, 0.05) is 16.3 Å². The molecule has 0 radical (unpaired) electrons. The highest BCUT2D eigenvalue weighted by Gasteiger charge is 2.28. The molecule has 0 fully saturated rings. The minimum Gasteiger partial charge on any atom is -0.462 e. The van der Waals surface area contributed by atoms with Gasteiger partial charge in [-0.1, -0.05) is 0 Å². The van der Waals surface area contributed by atoms with E-state index in [1.807, 2.05) is 0 Å². The van der Waals surface area contributed by atoms with Gasteiger partial charge in [0.05, 0.1) is 12.2 Å². The lowest BCUT2D eigenvalue weighted by Crippen LogP contribution is -2.34. The fraction of sp³-hybridized carbons (Fsp3) is 0.500. The lowest BCUT2D eigenvalue weighted by atomic mass is 9.95. The molecule has 3 rings (SSSR count). The molecule has 0 aliphatic heterocycles. The van der Waals surface area contributed by atoms with Crippen molar-refractivity contribution in [2.24, 2.45) is 0 Å². The van der Waals surface area contributed by atoms with Crippen LogP contribution in [0.25, 0.3) is 0 Å². The summed E-state index contributed by atoms with van der Waals surface area (Å²) in [6, 6.07) is 1.01. The highest BCUT2D eigenvalue weighted by atomic mass is 32.1. The monoisotopic (exact) mass is 403 g/mol. The molecule has 1 aliphatic carbocycles. The molecule has 2 heterocycles. The molecular weight excluding hydrogens is 378 g/mol. The Hall–Kier alpha value is -2.48. The summed E-state index contributed by atoms with van der Waals surface area (Å²) >= 11 is 1.43. The molecule has 1 amide bonds. The van der Waals surface area contributed by atoms with Crippen LogP contribution < -0.4 is 11.0 Å². The minimum atomic E-state index is -0.755. The number of esters is 1. The number of nitrogens with one attached hydrogen (secondary N) is 1. The number of anilines is 1. The molecule has 2 aromatic heterocycles. The van der Waals surface area contributed by atoms with E-state index in [0.717, 1.165) is 36.1 Å². The molecule has 1 atom stereocenters. The van der Waals surface area contributed by atoms with Crippen LogP contribution in [0.15, 0.2) is 10.9 Å². The lowest BCUT2D eigenvalue weighted by molar-refractivity contribution is -0.118. The van der Waals surface area contributed by atoms with Gasteiger partial charge in [-0.25, -0.2) is 9.59 Å². The summed E-state index contributed by atoms with van der Waals surface area (Å²) < 4.78 is 6.58. The number of fused-ring (bicyclic) bond motifs is 1. The van der Waals surface area contributed by atoms with Gasteiger partial charge in [-0.3, -0.25) is 9.36 Å². The van der Waals surface area contributed by atoms with Crippen LogP contribution in [-0.2, 0) is 22.4 Å². The Bertz CT molecular complexity index is 977. The predicted molar refractivity (Wildman–Crippen MR) is 108 cm³/mol. The van der Waals surface area contributed by atoms with Crippen molar-refractivity contribution in [1.82, 2.24) is 9.55 Å². The normalized spacial score (nSPS) is 14.3. The number of ether oxygens (including phenoxy) is 1. The first-order valence-corrected chi connectivity index (χ1v) is 10.3. The number of thiophene rings is 1. The number of hydrogen-bond donors (Lipinski definition) is 1. The summed E-state index contributed by atoms with van der Waals surface area (Å²) in [4.78, 5) is 42.8. The Balaban J connectivity index is 1.93. The Morgan fingerprint density at radius 3 is 2.71 bits per heavy atom. The van der Waals surface area contributed by atoms with Crippen LogP contribution in [-0.4, -0.2) is 28.0 Å². The topological polar surface area (TPSA) is 90.3 Å². The second-order valence-electron chi connectivity index (χ2n) is 6.99. The summed E-state index contributed by atoms with van der Waals surface area (Å²) in [6.45, 7) is 7.20. The Morgan fingerprint density at radius 2 is 2.04 bits per heavy atom. The minimum absolute atomic E-state index is 0.275. The van der Waals surface area contributed by atoms with Gasteiger partial charge in [0.15, 0.2) is 0 Å². The molecule has 1 aliphatic rings. The second-order valence-corrected chi connectivity index (χ2v) is 8.10. The molecule has 0 bridgehead atoms. The zero-order valence-corrected chi connectivity index (χ0v) is 17.4. The summed E-state index contributed by atoms with van der Waals surface area (Å²) in [5.74, 6) is -0.768. The third-order valence-corrected chi connectivity index (χ3v) is 6.14. The van der Waals surface area contributed by atoms with Crippen molar-refractivity contribution in [2.45, 2.75) is 59.4 Å². The van der Waals surface area contributed by atoms with Gasteiger partial charge in [-0.15, -0.1) is 11.3 Å². The molecule has 28 heavy (non-hydrogen) atoms. The average molecular weight is 404 g/mol. The first-order valence-electron chi connectivity index (χ1n) is 9.52. The van der Waals surface area contributed by atoms with E-state index in [-0.39, 0.29) is 12.5 Å². The Labute approximate surface area is 167 Å². The summed E-state index contributed by atoms with van der Waals surface area (Å²) in [6.07, 6.45) is 3.80. The van der Waals surface area contributed by atoms with E-state index in [0.29, 0.717) is 22.0 Å². The van der Waals surface area contributed by atoms with Gasteiger partial charge in [-0.05, 0) is 65.0 Å². The van der Waals surface area contributed by atoms with E-state index >= 15 is 0 Å². The van der Waals surface area contributed by atoms with E-state index < -0.39 is 17.7 Å². The largest absolute Gasteiger partial charge is 0.462 e. The van der Waals surface area contributed by atoms with Gasteiger partial charge in [0.25, 0.3) is 0 Å². The van der Waals surface area contributed by atoms with Crippen molar-refractivity contribution < 1.29 is 14.3 Å².